The van der Waals surface area contributed by atoms with E-state index in [2.05, 4.69) is 26.8 Å². The summed E-state index contributed by atoms with van der Waals surface area (Å²) in [4.78, 5) is 23.9. The number of carbonyl (C=O) groups is 2. The zero-order valence-electron chi connectivity index (χ0n) is 15.1. The summed E-state index contributed by atoms with van der Waals surface area (Å²) < 4.78 is 5.50. The van der Waals surface area contributed by atoms with E-state index >= 15 is 0 Å². The molecule has 1 aromatic carbocycles. The van der Waals surface area contributed by atoms with Crippen molar-refractivity contribution in [2.75, 3.05) is 26.7 Å². The van der Waals surface area contributed by atoms with Crippen molar-refractivity contribution in [3.8, 4) is 5.75 Å². The van der Waals surface area contributed by atoms with Gasteiger partial charge < -0.3 is 20.7 Å². The first-order valence-corrected chi connectivity index (χ1v) is 9.04. The van der Waals surface area contributed by atoms with E-state index in [-0.39, 0.29) is 18.0 Å². The molecule has 2 fully saturated rings. The Bertz CT molecular complexity index is 827. The molecular weight excluding hydrogens is 346 g/mol. The van der Waals surface area contributed by atoms with Crippen molar-refractivity contribution >= 4 is 11.9 Å². The third-order valence-corrected chi connectivity index (χ3v) is 5.11. The lowest BCUT2D eigenvalue weighted by atomic mass is 9.97. The van der Waals surface area contributed by atoms with E-state index in [9.17, 15) is 9.59 Å². The number of methoxy groups -OCH3 is 1. The van der Waals surface area contributed by atoms with Gasteiger partial charge in [0, 0.05) is 36.8 Å². The number of hydrogen-bond donors (Lipinski definition) is 5. The number of fused-ring (bicyclic) bond motifs is 1. The van der Waals surface area contributed by atoms with Crippen LogP contribution in [-0.2, 0) is 0 Å². The Morgan fingerprint density at radius 3 is 2.89 bits per heavy atom. The second kappa shape index (κ2) is 7.42. The highest BCUT2D eigenvalue weighted by molar-refractivity contribution is 5.95. The van der Waals surface area contributed by atoms with Gasteiger partial charge in [0.25, 0.3) is 5.91 Å². The molecule has 2 saturated heterocycles. The largest absolute Gasteiger partial charge is 0.496 e. The second-order valence-electron chi connectivity index (χ2n) is 6.86. The van der Waals surface area contributed by atoms with Crippen LogP contribution in [0.2, 0.25) is 0 Å². The van der Waals surface area contributed by atoms with Crippen LogP contribution in [0, 0.1) is 0 Å². The van der Waals surface area contributed by atoms with Crippen LogP contribution in [0.15, 0.2) is 41.6 Å². The molecule has 0 radical (unpaired) electrons. The monoisotopic (exact) mass is 369 g/mol. The summed E-state index contributed by atoms with van der Waals surface area (Å²) in [7, 11) is 1.62. The van der Waals surface area contributed by atoms with Crippen LogP contribution in [0.25, 0.3) is 0 Å². The summed E-state index contributed by atoms with van der Waals surface area (Å²) in [5.74, 6) is 0.886. The van der Waals surface area contributed by atoms with Crippen LogP contribution in [0.3, 0.4) is 0 Å². The molecule has 4 rings (SSSR count). The molecule has 1 aromatic rings. The van der Waals surface area contributed by atoms with E-state index in [1.165, 1.54) is 0 Å². The van der Waals surface area contributed by atoms with Gasteiger partial charge in [0.15, 0.2) is 0 Å². The molecule has 0 spiro atoms. The lowest BCUT2D eigenvalue weighted by molar-refractivity contribution is 0.0957. The summed E-state index contributed by atoms with van der Waals surface area (Å²) in [6, 6.07) is 5.42. The van der Waals surface area contributed by atoms with Gasteiger partial charge in [-0.2, -0.15) is 0 Å². The third-order valence-electron chi connectivity index (χ3n) is 5.11. The molecule has 1 aliphatic carbocycles. The Balaban J connectivity index is 1.40. The minimum absolute atomic E-state index is 0.0216. The first-order valence-electron chi connectivity index (χ1n) is 9.04. The Labute approximate surface area is 157 Å². The van der Waals surface area contributed by atoms with Crippen molar-refractivity contribution in [2.45, 2.75) is 18.4 Å². The second-order valence-corrected chi connectivity index (χ2v) is 6.86. The van der Waals surface area contributed by atoms with Crippen molar-refractivity contribution in [3.05, 3.63) is 52.7 Å². The van der Waals surface area contributed by atoms with E-state index in [4.69, 9.17) is 4.74 Å². The predicted octanol–water partition coefficient (Wildman–Crippen LogP) is 0.512. The van der Waals surface area contributed by atoms with Crippen LogP contribution >= 0.6 is 0 Å². The van der Waals surface area contributed by atoms with Crippen molar-refractivity contribution in [3.63, 3.8) is 0 Å². The van der Waals surface area contributed by atoms with Gasteiger partial charge in [-0.15, -0.1) is 0 Å². The van der Waals surface area contributed by atoms with E-state index in [0.717, 1.165) is 42.1 Å². The molecular formula is C19H23N5O3. The number of nitrogens with one attached hydrogen (secondary N) is 5. The van der Waals surface area contributed by atoms with Gasteiger partial charge in [0.2, 0.25) is 0 Å². The highest BCUT2D eigenvalue weighted by Gasteiger charge is 2.27. The maximum Gasteiger partial charge on any atom is 0.319 e. The smallest absolute Gasteiger partial charge is 0.319 e. The molecule has 2 aliphatic heterocycles. The Kier molecular flexibility index (Phi) is 4.83. The Morgan fingerprint density at radius 2 is 2.11 bits per heavy atom. The average Bonchev–Trinajstić information content (AvgIpc) is 3.33. The highest BCUT2D eigenvalue weighted by Crippen LogP contribution is 2.28. The van der Waals surface area contributed by atoms with Gasteiger partial charge in [-0.1, -0.05) is 12.1 Å². The fraction of sp³-hybridized carbons (Fsp3) is 0.368. The summed E-state index contributed by atoms with van der Waals surface area (Å²) in [5, 5.41) is 8.55. The van der Waals surface area contributed by atoms with Gasteiger partial charge in [-0.3, -0.25) is 15.6 Å². The molecule has 142 valence electrons. The van der Waals surface area contributed by atoms with Crippen LogP contribution in [0.5, 0.6) is 5.75 Å². The molecule has 8 heteroatoms. The first kappa shape index (κ1) is 17.6. The number of hydrogen-bond acceptors (Lipinski definition) is 5. The van der Waals surface area contributed by atoms with Crippen LogP contribution in [0.1, 0.15) is 28.3 Å². The zero-order chi connectivity index (χ0) is 18.8. The predicted molar refractivity (Wildman–Crippen MR) is 100 cm³/mol. The lowest BCUT2D eigenvalue weighted by Gasteiger charge is -2.17. The van der Waals surface area contributed by atoms with E-state index in [1.54, 1.807) is 13.2 Å². The fourth-order valence-electron chi connectivity index (χ4n) is 3.62. The number of ether oxygens (including phenoxy) is 1. The minimum Gasteiger partial charge on any atom is -0.496 e. The van der Waals surface area contributed by atoms with Gasteiger partial charge in [-0.25, -0.2) is 4.79 Å². The van der Waals surface area contributed by atoms with Crippen LogP contribution in [-0.4, -0.2) is 44.7 Å². The summed E-state index contributed by atoms with van der Waals surface area (Å²) >= 11 is 0. The summed E-state index contributed by atoms with van der Waals surface area (Å²) in [6.45, 7) is 2.07. The number of amides is 3. The minimum atomic E-state index is -0.176. The molecule has 0 bridgehead atoms. The zero-order valence-corrected chi connectivity index (χ0v) is 15.1. The number of hydrazine groups is 1. The molecule has 0 aromatic heterocycles. The Hall–Kier alpha value is -2.84. The fourth-order valence-corrected chi connectivity index (χ4v) is 3.62. The van der Waals surface area contributed by atoms with E-state index in [1.807, 2.05) is 24.3 Å². The number of rotatable bonds is 5. The molecule has 1 atom stereocenters. The topological polar surface area (TPSA) is 104 Å². The molecule has 5 N–H and O–H groups in total. The SMILES string of the molecule is COc1cc(C(=O)NCC2=CCC3NC(=O)NC3=C2)ccc1C1CNNC1. The normalized spacial score (nSPS) is 21.7. The third kappa shape index (κ3) is 3.67. The van der Waals surface area contributed by atoms with Crippen molar-refractivity contribution in [1.29, 1.82) is 0 Å². The van der Waals surface area contributed by atoms with Gasteiger partial charge in [0.05, 0.1) is 13.2 Å². The molecule has 8 nitrogen and oxygen atoms in total. The van der Waals surface area contributed by atoms with E-state index in [0.29, 0.717) is 18.0 Å². The average molecular weight is 369 g/mol. The van der Waals surface area contributed by atoms with Crippen molar-refractivity contribution in [2.24, 2.45) is 0 Å². The number of urea groups is 1. The van der Waals surface area contributed by atoms with Gasteiger partial charge in [-0.05, 0) is 35.8 Å². The number of carbonyl (C=O) groups excluding carboxylic acids is 2. The quantitative estimate of drug-likeness (QED) is 0.520. The van der Waals surface area contributed by atoms with Gasteiger partial charge in [0.1, 0.15) is 5.75 Å². The highest BCUT2D eigenvalue weighted by atomic mass is 16.5. The standard InChI is InChI=1S/C19H23N5O3/c1-27-17-7-12(3-4-14(17)13-9-21-22-10-13)18(25)20-8-11-2-5-15-16(6-11)24-19(26)23-15/h2-4,6-7,13,15,21-22H,5,8-10H2,1H3,(H,20,25)(H2,23,24,26). The maximum atomic E-state index is 12.5. The molecule has 27 heavy (non-hydrogen) atoms. The molecule has 1 unspecified atom stereocenters. The Morgan fingerprint density at radius 1 is 1.30 bits per heavy atom. The summed E-state index contributed by atoms with van der Waals surface area (Å²) in [6.07, 6.45) is 4.67. The van der Waals surface area contributed by atoms with Crippen LogP contribution < -0.4 is 31.5 Å². The lowest BCUT2D eigenvalue weighted by Crippen LogP contribution is -2.28. The van der Waals surface area contributed by atoms with Crippen molar-refractivity contribution < 1.29 is 14.3 Å². The maximum absolute atomic E-state index is 12.5. The molecule has 0 saturated carbocycles. The first-order chi connectivity index (χ1) is 13.1. The molecule has 3 amide bonds. The van der Waals surface area contributed by atoms with Crippen molar-refractivity contribution in [1.82, 2.24) is 26.8 Å². The van der Waals surface area contributed by atoms with E-state index < -0.39 is 0 Å². The summed E-state index contributed by atoms with van der Waals surface area (Å²) in [5.41, 5.74) is 9.70. The number of benzene rings is 1. The van der Waals surface area contributed by atoms with Gasteiger partial charge >= 0.3 is 6.03 Å². The molecule has 2 heterocycles. The van der Waals surface area contributed by atoms with Crippen LogP contribution in [0.4, 0.5) is 4.79 Å². The molecule has 3 aliphatic rings.